The number of aliphatic hydroxyl groups excluding tert-OH is 1. The van der Waals surface area contributed by atoms with E-state index < -0.39 is 5.97 Å². The fraction of sp³-hybridized carbons (Fsp3) is 0.235. The first-order chi connectivity index (χ1) is 10.1. The molecule has 2 rings (SSSR count). The van der Waals surface area contributed by atoms with Crippen molar-refractivity contribution >= 4 is 5.97 Å². The molecule has 0 aliphatic rings. The largest absolute Gasteiger partial charge is 0.496 e. The maximum Gasteiger partial charge on any atom is 0.303 e. The quantitative estimate of drug-likeness (QED) is 0.857. The van der Waals surface area contributed by atoms with Crippen LogP contribution >= 0.6 is 0 Å². The molecule has 2 aromatic rings. The Bertz CT molecular complexity index is 617. The van der Waals surface area contributed by atoms with E-state index in [0.717, 1.165) is 22.3 Å². The zero-order chi connectivity index (χ0) is 15.2. The minimum absolute atomic E-state index is 0.0757. The highest BCUT2D eigenvalue weighted by Gasteiger charge is 2.06. The van der Waals surface area contributed by atoms with E-state index in [0.29, 0.717) is 12.2 Å². The van der Waals surface area contributed by atoms with E-state index in [2.05, 4.69) is 0 Å². The molecule has 0 aliphatic heterocycles. The maximum atomic E-state index is 10.6. The summed E-state index contributed by atoms with van der Waals surface area (Å²) in [5.41, 5.74) is 3.75. The number of ether oxygens (including phenoxy) is 1. The van der Waals surface area contributed by atoms with Gasteiger partial charge in [0.25, 0.3) is 0 Å². The van der Waals surface area contributed by atoms with E-state index in [-0.39, 0.29) is 13.0 Å². The van der Waals surface area contributed by atoms with Gasteiger partial charge in [-0.2, -0.15) is 0 Å². The Balaban J connectivity index is 2.20. The van der Waals surface area contributed by atoms with Crippen molar-refractivity contribution in [1.82, 2.24) is 0 Å². The van der Waals surface area contributed by atoms with Crippen LogP contribution < -0.4 is 4.74 Å². The van der Waals surface area contributed by atoms with Gasteiger partial charge in [-0.1, -0.05) is 30.3 Å². The molecule has 110 valence electrons. The molecule has 0 saturated carbocycles. The molecule has 21 heavy (non-hydrogen) atoms. The number of carboxylic acids is 1. The minimum Gasteiger partial charge on any atom is -0.496 e. The van der Waals surface area contributed by atoms with Gasteiger partial charge in [0.05, 0.1) is 13.7 Å². The van der Waals surface area contributed by atoms with Crippen molar-refractivity contribution in [1.29, 1.82) is 0 Å². The van der Waals surface area contributed by atoms with Gasteiger partial charge in [-0.05, 0) is 35.2 Å². The molecule has 0 radical (unpaired) electrons. The van der Waals surface area contributed by atoms with Gasteiger partial charge in [0.15, 0.2) is 0 Å². The first kappa shape index (κ1) is 15.1. The smallest absolute Gasteiger partial charge is 0.303 e. The fourth-order valence-electron chi connectivity index (χ4n) is 2.20. The number of aliphatic hydroxyl groups is 1. The monoisotopic (exact) mass is 286 g/mol. The summed E-state index contributed by atoms with van der Waals surface area (Å²) in [5.74, 6) is -0.124. The summed E-state index contributed by atoms with van der Waals surface area (Å²) in [6.07, 6.45) is 0.663. The van der Waals surface area contributed by atoms with Gasteiger partial charge < -0.3 is 14.9 Å². The number of methoxy groups -OCH3 is 1. The lowest BCUT2D eigenvalue weighted by Gasteiger charge is -2.09. The lowest BCUT2D eigenvalue weighted by Crippen LogP contribution is -1.97. The summed E-state index contributed by atoms with van der Waals surface area (Å²) in [6.45, 7) is -0.0757. The van der Waals surface area contributed by atoms with E-state index in [4.69, 9.17) is 9.84 Å². The van der Waals surface area contributed by atoms with Gasteiger partial charge in [-0.15, -0.1) is 0 Å². The molecule has 0 amide bonds. The molecule has 0 unspecified atom stereocenters. The molecule has 2 aromatic carbocycles. The second-order valence-electron chi connectivity index (χ2n) is 4.78. The topological polar surface area (TPSA) is 66.8 Å². The van der Waals surface area contributed by atoms with Gasteiger partial charge in [0, 0.05) is 12.0 Å². The SMILES string of the molecule is COc1ccc(-c2ccc(CCC(=O)O)cc2)cc1CO. The molecule has 2 N–H and O–H groups in total. The molecule has 0 heterocycles. The summed E-state index contributed by atoms with van der Waals surface area (Å²) in [7, 11) is 1.57. The second kappa shape index (κ2) is 6.90. The van der Waals surface area contributed by atoms with Crippen LogP contribution in [0.2, 0.25) is 0 Å². The summed E-state index contributed by atoms with van der Waals surface area (Å²) < 4.78 is 5.18. The molecular weight excluding hydrogens is 268 g/mol. The predicted molar refractivity (Wildman–Crippen MR) is 80.3 cm³/mol. The van der Waals surface area contributed by atoms with Crippen LogP contribution in [-0.2, 0) is 17.8 Å². The van der Waals surface area contributed by atoms with Crippen molar-refractivity contribution in [3.05, 3.63) is 53.6 Å². The van der Waals surface area contributed by atoms with E-state index in [1.165, 1.54) is 0 Å². The number of carbonyl (C=O) groups is 1. The van der Waals surface area contributed by atoms with Gasteiger partial charge >= 0.3 is 5.97 Å². The third-order valence-corrected chi connectivity index (χ3v) is 3.37. The molecule has 0 bridgehead atoms. The average Bonchev–Trinajstić information content (AvgIpc) is 2.52. The first-order valence-electron chi connectivity index (χ1n) is 6.73. The highest BCUT2D eigenvalue weighted by molar-refractivity contribution is 5.68. The Morgan fingerprint density at radius 3 is 2.33 bits per heavy atom. The van der Waals surface area contributed by atoms with Gasteiger partial charge in [0.2, 0.25) is 0 Å². The number of hydrogen-bond donors (Lipinski definition) is 2. The minimum atomic E-state index is -0.790. The Kier molecular flexibility index (Phi) is 4.95. The van der Waals surface area contributed by atoms with Crippen LogP contribution in [0, 0.1) is 0 Å². The predicted octanol–water partition coefficient (Wildman–Crippen LogP) is 2.87. The molecule has 4 heteroatoms. The highest BCUT2D eigenvalue weighted by Crippen LogP contribution is 2.27. The lowest BCUT2D eigenvalue weighted by atomic mass is 10.00. The van der Waals surface area contributed by atoms with Crippen molar-refractivity contribution in [2.24, 2.45) is 0 Å². The molecule has 0 atom stereocenters. The summed E-state index contributed by atoms with van der Waals surface area (Å²) >= 11 is 0. The van der Waals surface area contributed by atoms with E-state index >= 15 is 0 Å². The standard InChI is InChI=1S/C17H18O4/c1-21-16-8-7-14(10-15(16)11-18)13-5-2-12(3-6-13)4-9-17(19)20/h2-3,5-8,10,18H,4,9,11H2,1H3,(H,19,20). The lowest BCUT2D eigenvalue weighted by molar-refractivity contribution is -0.136. The van der Waals surface area contributed by atoms with Crippen molar-refractivity contribution in [3.63, 3.8) is 0 Å². The zero-order valence-corrected chi connectivity index (χ0v) is 11.9. The van der Waals surface area contributed by atoms with E-state index in [1.807, 2.05) is 42.5 Å². The third-order valence-electron chi connectivity index (χ3n) is 3.37. The maximum absolute atomic E-state index is 10.6. The van der Waals surface area contributed by atoms with E-state index in [9.17, 15) is 9.90 Å². The Morgan fingerprint density at radius 2 is 1.76 bits per heavy atom. The summed E-state index contributed by atoms with van der Waals surface area (Å²) in [4.78, 5) is 10.6. The van der Waals surface area contributed by atoms with Crippen molar-refractivity contribution in [2.75, 3.05) is 7.11 Å². The first-order valence-corrected chi connectivity index (χ1v) is 6.73. The summed E-state index contributed by atoms with van der Waals surface area (Å²) in [5, 5.41) is 18.0. The van der Waals surface area contributed by atoms with Crippen molar-refractivity contribution < 1.29 is 19.7 Å². The zero-order valence-electron chi connectivity index (χ0n) is 11.9. The number of aliphatic carboxylic acids is 1. The average molecular weight is 286 g/mol. The van der Waals surface area contributed by atoms with Crippen LogP contribution in [-0.4, -0.2) is 23.3 Å². The Hall–Kier alpha value is -2.33. The van der Waals surface area contributed by atoms with Crippen LogP contribution in [0.3, 0.4) is 0 Å². The highest BCUT2D eigenvalue weighted by atomic mass is 16.5. The van der Waals surface area contributed by atoms with Gasteiger partial charge in [0.1, 0.15) is 5.75 Å². The van der Waals surface area contributed by atoms with Crippen LogP contribution in [0.4, 0.5) is 0 Å². The Labute approximate surface area is 123 Å². The number of hydrogen-bond acceptors (Lipinski definition) is 3. The van der Waals surface area contributed by atoms with Crippen LogP contribution in [0.25, 0.3) is 11.1 Å². The normalized spacial score (nSPS) is 10.4. The number of aryl methyl sites for hydroxylation is 1. The molecule has 0 aliphatic carbocycles. The molecule has 0 saturated heterocycles. The fourth-order valence-corrected chi connectivity index (χ4v) is 2.20. The molecule has 0 spiro atoms. The summed E-state index contributed by atoms with van der Waals surface area (Å²) in [6, 6.07) is 13.4. The molecule has 0 aromatic heterocycles. The van der Waals surface area contributed by atoms with Crippen LogP contribution in [0.5, 0.6) is 5.75 Å². The molecule has 0 fully saturated rings. The van der Waals surface area contributed by atoms with Gasteiger partial charge in [-0.3, -0.25) is 4.79 Å². The van der Waals surface area contributed by atoms with Crippen molar-refractivity contribution in [3.8, 4) is 16.9 Å². The van der Waals surface area contributed by atoms with Crippen molar-refractivity contribution in [2.45, 2.75) is 19.4 Å². The second-order valence-corrected chi connectivity index (χ2v) is 4.78. The number of benzene rings is 2. The molecular formula is C17H18O4. The molecule has 4 nitrogen and oxygen atoms in total. The number of carboxylic acid groups (broad SMARTS) is 1. The van der Waals surface area contributed by atoms with Crippen LogP contribution in [0.15, 0.2) is 42.5 Å². The Morgan fingerprint density at radius 1 is 1.10 bits per heavy atom. The number of rotatable bonds is 6. The van der Waals surface area contributed by atoms with Gasteiger partial charge in [-0.25, -0.2) is 0 Å². The third kappa shape index (κ3) is 3.83. The van der Waals surface area contributed by atoms with Crippen LogP contribution in [0.1, 0.15) is 17.5 Å². The van der Waals surface area contributed by atoms with E-state index in [1.54, 1.807) is 7.11 Å².